The number of ketones is 1. The molecule has 2 saturated carbocycles. The summed E-state index contributed by atoms with van der Waals surface area (Å²) >= 11 is 5.03. The molecule has 9 heteroatoms. The summed E-state index contributed by atoms with van der Waals surface area (Å²) in [5, 5.41) is 0. The molecule has 0 spiro atoms. The lowest BCUT2D eigenvalue weighted by Gasteiger charge is -2.41. The number of hydrogen-bond acceptors (Lipinski definition) is 7. The zero-order chi connectivity index (χ0) is 29.9. The van der Waals surface area contributed by atoms with Gasteiger partial charge in [0, 0.05) is 21.1 Å². The van der Waals surface area contributed by atoms with Crippen molar-refractivity contribution >= 4 is 60.6 Å². The Hall–Kier alpha value is -1.88. The maximum Gasteiger partial charge on any atom is 0.278 e. The van der Waals surface area contributed by atoms with E-state index in [-0.39, 0.29) is 22.9 Å². The summed E-state index contributed by atoms with van der Waals surface area (Å²) in [5.41, 5.74) is 0.889. The molecule has 2 aromatic carbocycles. The number of fused-ring (bicyclic) bond motifs is 2. The highest BCUT2D eigenvalue weighted by molar-refractivity contribution is 8.34. The molecule has 2 aliphatic rings. The Bertz CT molecular complexity index is 1690. The number of benzene rings is 2. The van der Waals surface area contributed by atoms with Gasteiger partial charge in [0.1, 0.15) is 5.78 Å². The van der Waals surface area contributed by atoms with E-state index in [1.165, 1.54) is 9.09 Å². The summed E-state index contributed by atoms with van der Waals surface area (Å²) in [5.74, 6) is 0.0171. The van der Waals surface area contributed by atoms with Gasteiger partial charge in [-0.15, -0.1) is 22.7 Å². The topological polar surface area (TPSA) is 60.4 Å². The third-order valence-corrected chi connectivity index (χ3v) is 18.4. The van der Waals surface area contributed by atoms with Gasteiger partial charge in [-0.2, -0.15) is 8.42 Å². The van der Waals surface area contributed by atoms with E-state index in [1.54, 1.807) is 34.4 Å². The second-order valence-corrected chi connectivity index (χ2v) is 20.8. The zero-order valence-corrected chi connectivity index (χ0v) is 28.6. The van der Waals surface area contributed by atoms with E-state index < -0.39 is 25.8 Å². The third-order valence-electron chi connectivity index (χ3n) is 9.23. The lowest BCUT2D eigenvalue weighted by atomic mass is 9.70. The molecule has 2 aliphatic carbocycles. The van der Waals surface area contributed by atoms with Crippen molar-refractivity contribution in [1.29, 1.82) is 0 Å². The highest BCUT2D eigenvalue weighted by Gasteiger charge is 2.65. The number of carbonyl (C=O) groups is 1. The molecule has 2 bridgehead atoms. The van der Waals surface area contributed by atoms with Gasteiger partial charge in [-0.3, -0.25) is 4.79 Å². The minimum absolute atomic E-state index is 0.0725. The van der Waals surface area contributed by atoms with Crippen LogP contribution in [0.5, 0.6) is 0 Å². The van der Waals surface area contributed by atoms with Gasteiger partial charge in [-0.05, 0) is 104 Å². The van der Waals surface area contributed by atoms with E-state index in [4.69, 9.17) is 3.63 Å². The van der Waals surface area contributed by atoms with E-state index in [0.29, 0.717) is 12.8 Å². The SMILES string of the molecule is Cc1ccc(S(OS(=O)(=O)CC23CCC(CC2=O)C3(C)C)(c2ccc(C)cc2)c2ccc(Sc3ccc(C)s3)s2)cc1. The molecule has 4 aromatic rings. The Labute approximate surface area is 263 Å². The highest BCUT2D eigenvalue weighted by atomic mass is 32.3. The van der Waals surface area contributed by atoms with Crippen LogP contribution in [0.4, 0.5) is 0 Å². The van der Waals surface area contributed by atoms with Crippen LogP contribution in [-0.4, -0.2) is 20.0 Å². The summed E-state index contributed by atoms with van der Waals surface area (Å²) in [6, 6.07) is 24.4. The fourth-order valence-electron chi connectivity index (χ4n) is 6.61. The van der Waals surface area contributed by atoms with Gasteiger partial charge < -0.3 is 0 Å². The first kappa shape index (κ1) is 30.2. The molecule has 0 saturated heterocycles. The van der Waals surface area contributed by atoms with E-state index in [0.717, 1.165) is 35.8 Å². The second kappa shape index (κ2) is 10.9. The first-order valence-electron chi connectivity index (χ1n) is 14.1. The van der Waals surface area contributed by atoms with Crippen molar-refractivity contribution in [1.82, 2.24) is 0 Å². The minimum atomic E-state index is -4.16. The molecule has 222 valence electrons. The maximum atomic E-state index is 14.4. The van der Waals surface area contributed by atoms with Crippen LogP contribution in [-0.2, 0) is 18.5 Å². The zero-order valence-electron chi connectivity index (χ0n) is 24.5. The fourth-order valence-corrected chi connectivity index (χ4v) is 17.2. The largest absolute Gasteiger partial charge is 0.299 e. The van der Waals surface area contributed by atoms with E-state index in [9.17, 15) is 13.2 Å². The predicted molar refractivity (Wildman–Crippen MR) is 176 cm³/mol. The van der Waals surface area contributed by atoms with Crippen molar-refractivity contribution in [3.63, 3.8) is 0 Å². The van der Waals surface area contributed by atoms with Crippen molar-refractivity contribution in [2.45, 2.75) is 76.3 Å². The molecule has 2 unspecified atom stereocenters. The lowest BCUT2D eigenvalue weighted by molar-refractivity contribution is -0.128. The Balaban J connectivity index is 1.50. The summed E-state index contributed by atoms with van der Waals surface area (Å²) in [4.78, 5) is 16.3. The van der Waals surface area contributed by atoms with Gasteiger partial charge in [0.15, 0.2) is 0 Å². The van der Waals surface area contributed by atoms with Gasteiger partial charge in [-0.25, -0.2) is 3.63 Å². The average Bonchev–Trinajstić information content (AvgIpc) is 3.66. The molecule has 0 radical (unpaired) electrons. The average molecular weight is 657 g/mol. The second-order valence-electron chi connectivity index (χ2n) is 12.2. The van der Waals surface area contributed by atoms with E-state index in [2.05, 4.69) is 39.0 Å². The fraction of sp³-hybridized carbons (Fsp3) is 0.364. The van der Waals surface area contributed by atoms with Crippen LogP contribution in [0.15, 0.2) is 95.2 Å². The standard InChI is InChI=1S/C33H36O4S5/c1-22-6-11-26(12-7-22)42(27-13-8-23(2)9-14-27,31-17-16-30(40-31)39-29-15-10-24(3)38-29)37-41(35,36)21-33-19-18-25(20-28(33)34)32(33,4)5/h6-17,25H,18-21H2,1-5H3. The molecule has 0 N–H and O–H groups in total. The number of thiophene rings is 2. The summed E-state index contributed by atoms with van der Waals surface area (Å²) < 4.78 is 38.7. The van der Waals surface area contributed by atoms with Gasteiger partial charge in [0.2, 0.25) is 0 Å². The Morgan fingerprint density at radius 2 is 1.40 bits per heavy atom. The van der Waals surface area contributed by atoms with Crippen molar-refractivity contribution in [3.05, 3.63) is 88.8 Å². The highest BCUT2D eigenvalue weighted by Crippen LogP contribution is 2.73. The molecule has 2 fully saturated rings. The molecule has 2 atom stereocenters. The van der Waals surface area contributed by atoms with Crippen molar-refractivity contribution < 1.29 is 16.8 Å². The van der Waals surface area contributed by atoms with Crippen LogP contribution in [0.25, 0.3) is 0 Å². The number of carbonyl (C=O) groups excluding carboxylic acids is 1. The molecular weight excluding hydrogens is 621 g/mol. The van der Waals surface area contributed by atoms with Crippen molar-refractivity contribution in [2.75, 3.05) is 5.75 Å². The number of aryl methyl sites for hydroxylation is 3. The maximum absolute atomic E-state index is 14.4. The quantitative estimate of drug-likeness (QED) is 0.180. The number of Topliss-reactive ketones (excluding diaryl/α,β-unsaturated/α-hetero) is 1. The van der Waals surface area contributed by atoms with E-state index >= 15 is 0 Å². The predicted octanol–water partition coefficient (Wildman–Crippen LogP) is 9.82. The lowest BCUT2D eigenvalue weighted by Crippen LogP contribution is -2.42. The smallest absolute Gasteiger partial charge is 0.278 e. The van der Waals surface area contributed by atoms with Gasteiger partial charge in [0.05, 0.1) is 23.8 Å². The van der Waals surface area contributed by atoms with E-state index in [1.807, 2.05) is 68.4 Å². The normalized spacial score (nSPS) is 22.1. The van der Waals surface area contributed by atoms with Crippen LogP contribution in [0.2, 0.25) is 0 Å². The summed E-state index contributed by atoms with van der Waals surface area (Å²) in [7, 11) is -6.86. The summed E-state index contributed by atoms with van der Waals surface area (Å²) in [6.07, 6.45) is 1.95. The molecule has 2 aromatic heterocycles. The number of hydrogen-bond donors (Lipinski definition) is 0. The van der Waals surface area contributed by atoms with Crippen LogP contribution >= 0.6 is 44.7 Å². The molecule has 4 nitrogen and oxygen atoms in total. The van der Waals surface area contributed by atoms with Gasteiger partial charge >= 0.3 is 0 Å². The van der Waals surface area contributed by atoms with Crippen LogP contribution in [0.1, 0.15) is 49.1 Å². The summed E-state index contributed by atoms with van der Waals surface area (Å²) in [6.45, 7) is 10.3. The first-order valence-corrected chi connectivity index (χ1v) is 19.7. The molecule has 0 aliphatic heterocycles. The molecule has 2 heterocycles. The van der Waals surface area contributed by atoms with Crippen molar-refractivity contribution in [2.24, 2.45) is 16.7 Å². The minimum Gasteiger partial charge on any atom is -0.299 e. The Kier molecular flexibility index (Phi) is 7.85. The van der Waals surface area contributed by atoms with Crippen molar-refractivity contribution in [3.8, 4) is 0 Å². The molecular formula is C33H36O4S5. The first-order chi connectivity index (χ1) is 19.8. The molecule has 0 amide bonds. The monoisotopic (exact) mass is 656 g/mol. The van der Waals surface area contributed by atoms with Gasteiger partial charge in [0.25, 0.3) is 10.1 Å². The number of rotatable bonds is 9. The third kappa shape index (κ3) is 5.14. The van der Waals surface area contributed by atoms with Gasteiger partial charge in [-0.1, -0.05) is 61.0 Å². The molecule has 6 rings (SSSR count). The van der Waals surface area contributed by atoms with Crippen LogP contribution in [0.3, 0.4) is 0 Å². The molecule has 42 heavy (non-hydrogen) atoms. The Morgan fingerprint density at radius 3 is 1.90 bits per heavy atom. The van der Waals surface area contributed by atoms with Crippen LogP contribution in [0, 0.1) is 37.5 Å². The Morgan fingerprint density at radius 1 is 0.833 bits per heavy atom. The van der Waals surface area contributed by atoms with Crippen LogP contribution < -0.4 is 0 Å².